The van der Waals surface area contributed by atoms with Crippen molar-refractivity contribution >= 4 is 11.7 Å². The van der Waals surface area contributed by atoms with E-state index in [1.165, 1.54) is 5.56 Å². The maximum Gasteiger partial charge on any atom is 0.307 e. The zero-order valence-electron chi connectivity index (χ0n) is 13.7. The second-order valence-corrected chi connectivity index (χ2v) is 5.67. The van der Waals surface area contributed by atoms with Gasteiger partial charge in [0.15, 0.2) is 0 Å². The summed E-state index contributed by atoms with van der Waals surface area (Å²) in [6.07, 6.45) is 0.423. The number of ether oxygens (including phenoxy) is 1. The predicted molar refractivity (Wildman–Crippen MR) is 89.1 cm³/mol. The third kappa shape index (κ3) is 5.31. The van der Waals surface area contributed by atoms with Crippen molar-refractivity contribution in [1.82, 2.24) is 10.2 Å². The van der Waals surface area contributed by atoms with E-state index >= 15 is 0 Å². The van der Waals surface area contributed by atoms with Crippen molar-refractivity contribution in [2.24, 2.45) is 0 Å². The van der Waals surface area contributed by atoms with Crippen molar-refractivity contribution in [3.8, 4) is 0 Å². The van der Waals surface area contributed by atoms with Gasteiger partial charge in [0.25, 0.3) is 0 Å². The average Bonchev–Trinajstić information content (AvgIpc) is 2.54. The van der Waals surface area contributed by atoms with Gasteiger partial charge in [0.1, 0.15) is 0 Å². The van der Waals surface area contributed by atoms with Crippen molar-refractivity contribution in [3.05, 3.63) is 29.8 Å². The van der Waals surface area contributed by atoms with Gasteiger partial charge in [0.2, 0.25) is 0 Å². The molecule has 0 saturated carbocycles. The fourth-order valence-electron chi connectivity index (χ4n) is 2.60. The van der Waals surface area contributed by atoms with Gasteiger partial charge in [-0.3, -0.25) is 9.69 Å². The number of anilines is 1. The van der Waals surface area contributed by atoms with E-state index in [-0.39, 0.29) is 5.97 Å². The molecule has 0 unspecified atom stereocenters. The molecule has 5 nitrogen and oxygen atoms in total. The second-order valence-electron chi connectivity index (χ2n) is 5.67. The van der Waals surface area contributed by atoms with Crippen LogP contribution in [0.5, 0.6) is 0 Å². The Hall–Kier alpha value is -1.59. The van der Waals surface area contributed by atoms with E-state index < -0.39 is 0 Å². The van der Waals surface area contributed by atoms with Crippen LogP contribution >= 0.6 is 0 Å². The molecule has 1 N–H and O–H groups in total. The van der Waals surface area contributed by atoms with Gasteiger partial charge in [0.05, 0.1) is 13.0 Å². The fraction of sp³-hybridized carbons (Fsp3) is 0.588. The van der Waals surface area contributed by atoms with Crippen molar-refractivity contribution in [2.75, 3.05) is 51.3 Å². The number of esters is 1. The Kier molecular flexibility index (Phi) is 6.68. The highest BCUT2D eigenvalue weighted by Gasteiger charge is 2.10. The maximum absolute atomic E-state index is 11.4. The van der Waals surface area contributed by atoms with Crippen LogP contribution in [0.2, 0.25) is 0 Å². The van der Waals surface area contributed by atoms with E-state index in [0.29, 0.717) is 19.6 Å². The first-order valence-electron chi connectivity index (χ1n) is 8.08. The van der Waals surface area contributed by atoms with Gasteiger partial charge >= 0.3 is 5.97 Å². The average molecular weight is 305 g/mol. The van der Waals surface area contributed by atoms with Crippen molar-refractivity contribution in [2.45, 2.75) is 19.9 Å². The van der Waals surface area contributed by atoms with Crippen LogP contribution < -0.4 is 10.2 Å². The van der Waals surface area contributed by atoms with E-state index in [4.69, 9.17) is 4.74 Å². The van der Waals surface area contributed by atoms with Gasteiger partial charge in [-0.05, 0) is 24.6 Å². The summed E-state index contributed by atoms with van der Waals surface area (Å²) >= 11 is 0. The summed E-state index contributed by atoms with van der Waals surface area (Å²) in [6, 6.07) is 8.61. The molecule has 0 atom stereocenters. The van der Waals surface area contributed by atoms with Crippen molar-refractivity contribution in [3.63, 3.8) is 0 Å². The van der Waals surface area contributed by atoms with E-state index in [1.807, 2.05) is 14.0 Å². The molecule has 0 aromatic heterocycles. The lowest BCUT2D eigenvalue weighted by Crippen LogP contribution is -2.42. The molecule has 2 rings (SSSR count). The number of hydrogen-bond acceptors (Lipinski definition) is 5. The van der Waals surface area contributed by atoms with Crippen LogP contribution in [-0.2, 0) is 16.1 Å². The van der Waals surface area contributed by atoms with Gasteiger partial charge in [-0.25, -0.2) is 0 Å². The molecule has 1 heterocycles. The molecule has 0 bridgehead atoms. The largest absolute Gasteiger partial charge is 0.466 e. The minimum absolute atomic E-state index is 0.135. The molecule has 0 amide bonds. The van der Waals surface area contributed by atoms with Crippen LogP contribution in [0.15, 0.2) is 24.3 Å². The third-order valence-corrected chi connectivity index (χ3v) is 3.95. The summed E-state index contributed by atoms with van der Waals surface area (Å²) in [5.41, 5.74) is 2.47. The molecule has 22 heavy (non-hydrogen) atoms. The molecule has 1 saturated heterocycles. The van der Waals surface area contributed by atoms with E-state index in [2.05, 4.69) is 39.4 Å². The molecule has 1 aromatic carbocycles. The summed E-state index contributed by atoms with van der Waals surface area (Å²) in [4.78, 5) is 16.0. The summed E-state index contributed by atoms with van der Waals surface area (Å²) < 4.78 is 4.96. The number of benzene rings is 1. The first-order valence-corrected chi connectivity index (χ1v) is 8.08. The number of hydrogen-bond donors (Lipinski definition) is 1. The lowest BCUT2D eigenvalue weighted by molar-refractivity contribution is -0.142. The monoisotopic (exact) mass is 305 g/mol. The second kappa shape index (κ2) is 8.76. The van der Waals surface area contributed by atoms with Crippen LogP contribution in [0.4, 0.5) is 5.69 Å². The smallest absolute Gasteiger partial charge is 0.307 e. The molecule has 1 aliphatic heterocycles. The first kappa shape index (κ1) is 16.8. The lowest BCUT2D eigenvalue weighted by atomic mass is 10.1. The molecule has 0 spiro atoms. The van der Waals surface area contributed by atoms with Gasteiger partial charge in [-0.1, -0.05) is 12.1 Å². The topological polar surface area (TPSA) is 44.8 Å². The highest BCUT2D eigenvalue weighted by atomic mass is 16.5. The zero-order chi connectivity index (χ0) is 15.8. The Bertz CT molecular complexity index is 455. The summed E-state index contributed by atoms with van der Waals surface area (Å²) in [5, 5.41) is 3.37. The number of nitrogens with one attached hydrogen (secondary N) is 1. The minimum Gasteiger partial charge on any atom is -0.466 e. The number of carbonyl (C=O) groups is 1. The number of rotatable bonds is 7. The molecule has 122 valence electrons. The Morgan fingerprint density at radius 1 is 1.27 bits per heavy atom. The molecule has 1 fully saturated rings. The predicted octanol–water partition coefficient (Wildman–Crippen LogP) is 1.48. The maximum atomic E-state index is 11.4. The molecule has 1 aliphatic rings. The lowest BCUT2D eigenvalue weighted by Gasteiger charge is -2.27. The highest BCUT2D eigenvalue weighted by Crippen LogP contribution is 2.15. The molecule has 1 aromatic rings. The van der Waals surface area contributed by atoms with Crippen molar-refractivity contribution in [1.29, 1.82) is 0 Å². The molecule has 0 radical (unpaired) electrons. The SMILES string of the molecule is CCOC(=O)CCN(C)c1ccc(CN2CCNCC2)cc1. The first-order chi connectivity index (χ1) is 10.7. The Labute approximate surface area is 133 Å². The van der Waals surface area contributed by atoms with Crippen LogP contribution in [0, 0.1) is 0 Å². The van der Waals surface area contributed by atoms with Crippen molar-refractivity contribution < 1.29 is 9.53 Å². The van der Waals surface area contributed by atoms with Gasteiger partial charge in [0, 0.05) is 52.0 Å². The fourth-order valence-corrected chi connectivity index (χ4v) is 2.60. The van der Waals surface area contributed by atoms with Crippen LogP contribution in [0.3, 0.4) is 0 Å². The number of piperazine rings is 1. The van der Waals surface area contributed by atoms with E-state index in [1.54, 1.807) is 0 Å². The Morgan fingerprint density at radius 2 is 1.95 bits per heavy atom. The standard InChI is InChI=1S/C17H27N3O2/c1-3-22-17(21)8-11-19(2)16-6-4-15(5-7-16)14-20-12-9-18-10-13-20/h4-7,18H,3,8-14H2,1-2H3. The van der Waals surface area contributed by atoms with Crippen LogP contribution in [-0.4, -0.2) is 57.2 Å². The van der Waals surface area contributed by atoms with Gasteiger partial charge in [-0.2, -0.15) is 0 Å². The van der Waals surface area contributed by atoms with Crippen LogP contribution in [0.1, 0.15) is 18.9 Å². The zero-order valence-corrected chi connectivity index (χ0v) is 13.7. The molecule has 0 aliphatic carbocycles. The highest BCUT2D eigenvalue weighted by molar-refractivity contribution is 5.70. The third-order valence-electron chi connectivity index (χ3n) is 3.95. The molecule has 5 heteroatoms. The van der Waals surface area contributed by atoms with Gasteiger partial charge < -0.3 is 15.0 Å². The number of nitrogens with zero attached hydrogens (tertiary/aromatic N) is 2. The quantitative estimate of drug-likeness (QED) is 0.773. The Morgan fingerprint density at radius 3 is 2.59 bits per heavy atom. The van der Waals surface area contributed by atoms with E-state index in [9.17, 15) is 4.79 Å². The normalized spacial score (nSPS) is 15.5. The number of carbonyl (C=O) groups excluding carboxylic acids is 1. The summed E-state index contributed by atoms with van der Waals surface area (Å²) in [6.45, 7) is 8.35. The van der Waals surface area contributed by atoms with E-state index in [0.717, 1.165) is 38.4 Å². The molecular weight excluding hydrogens is 278 g/mol. The minimum atomic E-state index is -0.135. The summed E-state index contributed by atoms with van der Waals surface area (Å²) in [7, 11) is 2.00. The van der Waals surface area contributed by atoms with Crippen LogP contribution in [0.25, 0.3) is 0 Å². The molecular formula is C17H27N3O2. The Balaban J connectivity index is 1.81. The summed E-state index contributed by atoms with van der Waals surface area (Å²) in [5.74, 6) is -0.135. The van der Waals surface area contributed by atoms with Gasteiger partial charge in [-0.15, -0.1) is 0 Å².